The molecule has 1 aromatic heterocycles. The van der Waals surface area contributed by atoms with Crippen molar-refractivity contribution in [3.63, 3.8) is 0 Å². The molecule has 1 heterocycles. The first-order chi connectivity index (χ1) is 9.47. The molecule has 0 aliphatic carbocycles. The number of aromatic nitrogens is 2. The van der Waals surface area contributed by atoms with Crippen LogP contribution in [0.4, 0.5) is 10.1 Å². The summed E-state index contributed by atoms with van der Waals surface area (Å²) in [5, 5.41) is 15.2. The van der Waals surface area contributed by atoms with E-state index >= 15 is 0 Å². The quantitative estimate of drug-likeness (QED) is 0.638. The van der Waals surface area contributed by atoms with E-state index in [9.17, 15) is 14.5 Å². The number of hydrogen-bond donors (Lipinski definition) is 0. The van der Waals surface area contributed by atoms with E-state index in [1.54, 1.807) is 0 Å². The Morgan fingerprint density at radius 3 is 2.60 bits per heavy atom. The Morgan fingerprint density at radius 2 is 2.05 bits per heavy atom. The van der Waals surface area contributed by atoms with Crippen LogP contribution in [-0.2, 0) is 12.8 Å². The highest BCUT2D eigenvalue weighted by molar-refractivity contribution is 6.31. The summed E-state index contributed by atoms with van der Waals surface area (Å²) in [6.45, 7) is 3.86. The summed E-state index contributed by atoms with van der Waals surface area (Å²) < 4.78 is 14.9. The molecule has 0 saturated carbocycles. The first-order valence-electron chi connectivity index (χ1n) is 6.19. The summed E-state index contributed by atoms with van der Waals surface area (Å²) in [7, 11) is 0. The van der Waals surface area contributed by atoms with Gasteiger partial charge < -0.3 is 0 Å². The summed E-state index contributed by atoms with van der Waals surface area (Å²) in [4.78, 5) is 10.5. The first kappa shape index (κ1) is 14.5. The normalized spacial score (nSPS) is 10.8. The van der Waals surface area contributed by atoms with Crippen molar-refractivity contribution in [2.24, 2.45) is 0 Å². The third kappa shape index (κ3) is 2.51. The van der Waals surface area contributed by atoms with Gasteiger partial charge in [-0.15, -0.1) is 0 Å². The SMILES string of the molecule is CCc1cc(CC)n(-c2cc(Cl)c(F)cc2[N+](=O)[O-])n1. The molecule has 106 valence electrons. The standard InChI is InChI=1S/C13H13ClFN3O2/c1-3-8-5-9(4-2)17(16-8)12-6-10(14)11(15)7-13(12)18(19)20/h5-7H,3-4H2,1-2H3. The number of aryl methyl sites for hydroxylation is 2. The summed E-state index contributed by atoms with van der Waals surface area (Å²) in [6, 6.07) is 3.94. The minimum absolute atomic E-state index is 0.166. The average molecular weight is 298 g/mol. The van der Waals surface area contributed by atoms with Crippen molar-refractivity contribution in [3.8, 4) is 5.69 Å². The molecule has 2 aromatic rings. The predicted octanol–water partition coefficient (Wildman–Crippen LogP) is 3.70. The lowest BCUT2D eigenvalue weighted by Crippen LogP contribution is -2.06. The Balaban J connectivity index is 2.71. The van der Waals surface area contributed by atoms with E-state index < -0.39 is 10.7 Å². The maximum absolute atomic E-state index is 13.4. The van der Waals surface area contributed by atoms with Crippen molar-refractivity contribution in [1.29, 1.82) is 0 Å². The summed E-state index contributed by atoms with van der Waals surface area (Å²) in [6.07, 6.45) is 1.36. The predicted molar refractivity (Wildman–Crippen MR) is 73.9 cm³/mol. The summed E-state index contributed by atoms with van der Waals surface area (Å²) in [5.41, 5.74) is 1.45. The van der Waals surface area contributed by atoms with Crippen molar-refractivity contribution in [2.45, 2.75) is 26.7 Å². The molecular formula is C13H13ClFN3O2. The molecule has 0 aliphatic heterocycles. The second kappa shape index (κ2) is 5.58. The van der Waals surface area contributed by atoms with Crippen LogP contribution in [0.25, 0.3) is 5.69 Å². The van der Waals surface area contributed by atoms with Crippen LogP contribution in [0, 0.1) is 15.9 Å². The van der Waals surface area contributed by atoms with E-state index in [0.29, 0.717) is 12.8 Å². The van der Waals surface area contributed by atoms with Gasteiger partial charge in [-0.1, -0.05) is 25.4 Å². The lowest BCUT2D eigenvalue weighted by molar-refractivity contribution is -0.384. The van der Waals surface area contributed by atoms with Crippen molar-refractivity contribution in [2.75, 3.05) is 0 Å². The monoisotopic (exact) mass is 297 g/mol. The Morgan fingerprint density at radius 1 is 1.35 bits per heavy atom. The zero-order chi connectivity index (χ0) is 14.9. The Hall–Kier alpha value is -1.95. The van der Waals surface area contributed by atoms with Gasteiger partial charge in [0.05, 0.1) is 21.7 Å². The largest absolute Gasteiger partial charge is 0.297 e. The third-order valence-corrected chi connectivity index (χ3v) is 3.29. The van der Waals surface area contributed by atoms with Gasteiger partial charge in [0.1, 0.15) is 11.5 Å². The molecule has 0 aliphatic rings. The van der Waals surface area contributed by atoms with Crippen molar-refractivity contribution < 1.29 is 9.31 Å². The van der Waals surface area contributed by atoms with Gasteiger partial charge >= 0.3 is 0 Å². The van der Waals surface area contributed by atoms with Gasteiger partial charge in [-0.2, -0.15) is 5.10 Å². The lowest BCUT2D eigenvalue weighted by atomic mass is 10.2. The van der Waals surface area contributed by atoms with Crippen LogP contribution < -0.4 is 0 Å². The molecule has 20 heavy (non-hydrogen) atoms. The number of nitrogens with zero attached hydrogens (tertiary/aromatic N) is 3. The molecule has 1 aromatic carbocycles. The smallest absolute Gasteiger partial charge is 0.258 e. The second-order valence-electron chi connectivity index (χ2n) is 4.26. The topological polar surface area (TPSA) is 61.0 Å². The van der Waals surface area contributed by atoms with Gasteiger partial charge in [-0.3, -0.25) is 10.1 Å². The molecule has 0 radical (unpaired) electrons. The average Bonchev–Trinajstić information content (AvgIpc) is 2.84. The van der Waals surface area contributed by atoms with E-state index in [2.05, 4.69) is 5.10 Å². The number of rotatable bonds is 4. The van der Waals surface area contributed by atoms with E-state index in [-0.39, 0.29) is 16.4 Å². The fraction of sp³-hybridized carbons (Fsp3) is 0.308. The van der Waals surface area contributed by atoms with Gasteiger partial charge in [0.25, 0.3) is 5.69 Å². The van der Waals surface area contributed by atoms with Crippen LogP contribution in [0.2, 0.25) is 5.02 Å². The highest BCUT2D eigenvalue weighted by Crippen LogP contribution is 2.30. The van der Waals surface area contributed by atoms with E-state index in [1.807, 2.05) is 19.9 Å². The van der Waals surface area contributed by atoms with E-state index in [4.69, 9.17) is 11.6 Å². The zero-order valence-electron chi connectivity index (χ0n) is 11.1. The second-order valence-corrected chi connectivity index (χ2v) is 4.67. The third-order valence-electron chi connectivity index (χ3n) is 3.00. The van der Waals surface area contributed by atoms with Crippen LogP contribution in [0.3, 0.4) is 0 Å². The molecule has 0 N–H and O–H groups in total. The number of benzene rings is 1. The molecule has 5 nitrogen and oxygen atoms in total. The van der Waals surface area contributed by atoms with Gasteiger partial charge in [-0.25, -0.2) is 9.07 Å². The van der Waals surface area contributed by atoms with Gasteiger partial charge in [0.15, 0.2) is 0 Å². The molecule has 0 fully saturated rings. The van der Waals surface area contributed by atoms with E-state index in [0.717, 1.165) is 17.5 Å². The molecule has 2 rings (SSSR count). The fourth-order valence-corrected chi connectivity index (χ4v) is 2.11. The molecule has 0 atom stereocenters. The molecule has 0 spiro atoms. The van der Waals surface area contributed by atoms with Crippen molar-refractivity contribution >= 4 is 17.3 Å². The Bertz CT molecular complexity index is 670. The highest BCUT2D eigenvalue weighted by atomic mass is 35.5. The molecule has 0 bridgehead atoms. The summed E-state index contributed by atoms with van der Waals surface area (Å²) >= 11 is 5.74. The number of nitro groups is 1. The van der Waals surface area contributed by atoms with Crippen molar-refractivity contribution in [3.05, 3.63) is 50.5 Å². The minimum Gasteiger partial charge on any atom is -0.258 e. The van der Waals surface area contributed by atoms with Crippen LogP contribution in [-0.4, -0.2) is 14.7 Å². The molecule has 0 unspecified atom stereocenters. The molecule has 0 saturated heterocycles. The van der Waals surface area contributed by atoms with Gasteiger partial charge in [-0.05, 0) is 25.0 Å². The van der Waals surface area contributed by atoms with Crippen molar-refractivity contribution in [1.82, 2.24) is 9.78 Å². The molecule has 7 heteroatoms. The Labute approximate surface area is 120 Å². The first-order valence-corrected chi connectivity index (χ1v) is 6.57. The molecular weight excluding hydrogens is 285 g/mol. The highest BCUT2D eigenvalue weighted by Gasteiger charge is 2.21. The van der Waals surface area contributed by atoms with Crippen LogP contribution in [0.15, 0.2) is 18.2 Å². The Kier molecular flexibility index (Phi) is 4.04. The van der Waals surface area contributed by atoms with Crippen LogP contribution in [0.5, 0.6) is 0 Å². The van der Waals surface area contributed by atoms with Crippen LogP contribution in [0.1, 0.15) is 25.2 Å². The number of halogens is 2. The lowest BCUT2D eigenvalue weighted by Gasteiger charge is -2.07. The number of hydrogen-bond acceptors (Lipinski definition) is 3. The molecule has 0 amide bonds. The summed E-state index contributed by atoms with van der Waals surface area (Å²) in [5.74, 6) is -0.817. The van der Waals surface area contributed by atoms with Crippen LogP contribution >= 0.6 is 11.6 Å². The maximum Gasteiger partial charge on any atom is 0.297 e. The fourth-order valence-electron chi connectivity index (χ4n) is 1.95. The van der Waals surface area contributed by atoms with E-state index in [1.165, 1.54) is 10.7 Å². The number of nitro benzene ring substituents is 1. The minimum atomic E-state index is -0.817. The zero-order valence-corrected chi connectivity index (χ0v) is 11.8. The maximum atomic E-state index is 13.4. The van der Waals surface area contributed by atoms with Gasteiger partial charge in [0.2, 0.25) is 0 Å². The van der Waals surface area contributed by atoms with Gasteiger partial charge in [0, 0.05) is 5.69 Å².